The SMILES string of the molecule is COCCN1CCC(CN(Cc2ccncc2)C(=O)C2CC23CCCC3)CC1. The third-order valence-corrected chi connectivity index (χ3v) is 7.32. The Hall–Kier alpha value is -1.46. The Morgan fingerprint density at radius 2 is 1.96 bits per heavy atom. The smallest absolute Gasteiger partial charge is 0.226 e. The maximum atomic E-state index is 13.4. The van der Waals surface area contributed by atoms with Crippen LogP contribution in [0.15, 0.2) is 24.5 Å². The molecule has 0 radical (unpaired) electrons. The average Bonchev–Trinajstić information content (AvgIpc) is 3.23. The Bertz CT molecular complexity index is 637. The zero-order valence-corrected chi connectivity index (χ0v) is 17.3. The van der Waals surface area contributed by atoms with Crippen molar-refractivity contribution < 1.29 is 9.53 Å². The minimum atomic E-state index is 0.290. The highest BCUT2D eigenvalue weighted by atomic mass is 16.5. The number of amides is 1. The van der Waals surface area contributed by atoms with Crippen LogP contribution in [0, 0.1) is 17.3 Å². The summed E-state index contributed by atoms with van der Waals surface area (Å²) in [6.07, 6.45) is 12.3. The summed E-state index contributed by atoms with van der Waals surface area (Å²) in [6.45, 7) is 5.72. The number of rotatable bonds is 8. The van der Waals surface area contributed by atoms with Gasteiger partial charge in [-0.2, -0.15) is 0 Å². The van der Waals surface area contributed by atoms with E-state index in [0.717, 1.165) is 45.8 Å². The summed E-state index contributed by atoms with van der Waals surface area (Å²) < 4.78 is 5.21. The van der Waals surface area contributed by atoms with Crippen LogP contribution < -0.4 is 0 Å². The van der Waals surface area contributed by atoms with E-state index in [4.69, 9.17) is 4.74 Å². The van der Waals surface area contributed by atoms with Crippen LogP contribution in [0.1, 0.15) is 50.5 Å². The first kappa shape index (κ1) is 19.8. The number of piperidine rings is 1. The first-order valence-electron chi connectivity index (χ1n) is 11.1. The summed E-state index contributed by atoms with van der Waals surface area (Å²) in [5.41, 5.74) is 1.57. The molecule has 1 aromatic rings. The highest BCUT2D eigenvalue weighted by molar-refractivity contribution is 5.82. The van der Waals surface area contributed by atoms with E-state index in [-0.39, 0.29) is 0 Å². The van der Waals surface area contributed by atoms with E-state index in [1.807, 2.05) is 24.5 Å². The first-order chi connectivity index (χ1) is 13.7. The second-order valence-electron chi connectivity index (χ2n) is 9.18. The summed E-state index contributed by atoms with van der Waals surface area (Å²) >= 11 is 0. The molecule has 1 amide bonds. The molecule has 1 aromatic heterocycles. The van der Waals surface area contributed by atoms with Gasteiger partial charge in [0.1, 0.15) is 0 Å². The van der Waals surface area contributed by atoms with Gasteiger partial charge in [0.15, 0.2) is 0 Å². The maximum absolute atomic E-state index is 13.4. The molecule has 1 spiro atoms. The molecule has 1 saturated heterocycles. The Balaban J connectivity index is 1.37. The molecular weight excluding hydrogens is 350 g/mol. The molecular formula is C23H35N3O2. The molecule has 5 nitrogen and oxygen atoms in total. The number of pyridine rings is 1. The van der Waals surface area contributed by atoms with Crippen molar-refractivity contribution in [3.63, 3.8) is 0 Å². The minimum absolute atomic E-state index is 0.290. The topological polar surface area (TPSA) is 45.7 Å². The van der Waals surface area contributed by atoms with Crippen LogP contribution in [0.4, 0.5) is 0 Å². The summed E-state index contributed by atoms with van der Waals surface area (Å²) in [4.78, 5) is 22.2. The van der Waals surface area contributed by atoms with Gasteiger partial charge in [-0.3, -0.25) is 9.78 Å². The van der Waals surface area contributed by atoms with Crippen LogP contribution in [0.2, 0.25) is 0 Å². The van der Waals surface area contributed by atoms with Gasteiger partial charge in [-0.05, 0) is 74.2 Å². The minimum Gasteiger partial charge on any atom is -0.383 e. The molecule has 1 unspecified atom stereocenters. The molecule has 0 bridgehead atoms. The molecule has 2 saturated carbocycles. The molecule has 154 valence electrons. The number of hydrogen-bond donors (Lipinski definition) is 0. The lowest BCUT2D eigenvalue weighted by atomic mass is 9.95. The lowest BCUT2D eigenvalue weighted by molar-refractivity contribution is -0.135. The van der Waals surface area contributed by atoms with E-state index in [9.17, 15) is 4.79 Å². The van der Waals surface area contributed by atoms with Gasteiger partial charge in [-0.25, -0.2) is 0 Å². The normalized spacial score (nSPS) is 24.5. The van der Waals surface area contributed by atoms with Gasteiger partial charge in [0.2, 0.25) is 5.91 Å². The molecule has 4 rings (SSSR count). The summed E-state index contributed by atoms with van der Waals surface area (Å²) in [7, 11) is 1.77. The zero-order chi connectivity index (χ0) is 19.4. The fourth-order valence-electron chi connectivity index (χ4n) is 5.41. The third-order valence-electron chi connectivity index (χ3n) is 7.32. The number of ether oxygens (including phenoxy) is 1. The van der Waals surface area contributed by atoms with Gasteiger partial charge in [0.25, 0.3) is 0 Å². The molecule has 5 heteroatoms. The standard InChI is InChI=1S/C23H35N3O2/c1-28-15-14-25-12-6-20(7-13-25)18-26(17-19-4-10-24-11-5-19)22(27)21-16-23(21)8-2-3-9-23/h4-5,10-11,20-21H,2-3,6-9,12-18H2,1H3. The van der Waals surface area contributed by atoms with Gasteiger partial charge in [0, 0.05) is 45.1 Å². The van der Waals surface area contributed by atoms with E-state index in [1.165, 1.54) is 44.1 Å². The predicted octanol–water partition coefficient (Wildman–Crippen LogP) is 3.35. The number of carbonyl (C=O) groups excluding carboxylic acids is 1. The molecule has 2 aliphatic carbocycles. The maximum Gasteiger partial charge on any atom is 0.226 e. The monoisotopic (exact) mass is 385 g/mol. The largest absolute Gasteiger partial charge is 0.383 e. The van der Waals surface area contributed by atoms with E-state index in [0.29, 0.717) is 23.2 Å². The molecule has 2 heterocycles. The van der Waals surface area contributed by atoms with Gasteiger partial charge in [0.05, 0.1) is 6.61 Å². The van der Waals surface area contributed by atoms with E-state index < -0.39 is 0 Å². The Morgan fingerprint density at radius 3 is 2.64 bits per heavy atom. The van der Waals surface area contributed by atoms with Crippen LogP contribution in [0.5, 0.6) is 0 Å². The Labute approximate surface area is 169 Å². The summed E-state index contributed by atoms with van der Waals surface area (Å²) in [6, 6.07) is 4.09. The van der Waals surface area contributed by atoms with E-state index in [1.54, 1.807) is 7.11 Å². The fourth-order valence-corrected chi connectivity index (χ4v) is 5.41. The third kappa shape index (κ3) is 4.57. The van der Waals surface area contributed by atoms with Crippen molar-refractivity contribution in [3.8, 4) is 0 Å². The molecule has 3 fully saturated rings. The molecule has 1 atom stereocenters. The van der Waals surface area contributed by atoms with Crippen LogP contribution in [0.25, 0.3) is 0 Å². The number of hydrogen-bond acceptors (Lipinski definition) is 4. The Kier molecular flexibility index (Phi) is 6.32. The number of nitrogens with zero attached hydrogens (tertiary/aromatic N) is 3. The highest BCUT2D eigenvalue weighted by Gasteiger charge is 2.59. The molecule has 28 heavy (non-hydrogen) atoms. The second-order valence-corrected chi connectivity index (χ2v) is 9.18. The molecule has 3 aliphatic rings. The first-order valence-corrected chi connectivity index (χ1v) is 11.1. The predicted molar refractivity (Wildman–Crippen MR) is 110 cm³/mol. The Morgan fingerprint density at radius 1 is 1.25 bits per heavy atom. The van der Waals surface area contributed by atoms with Crippen LogP contribution in [-0.4, -0.2) is 60.6 Å². The van der Waals surface area contributed by atoms with Crippen molar-refractivity contribution in [1.29, 1.82) is 0 Å². The van der Waals surface area contributed by atoms with E-state index >= 15 is 0 Å². The van der Waals surface area contributed by atoms with E-state index in [2.05, 4.69) is 14.8 Å². The van der Waals surface area contributed by atoms with Gasteiger partial charge in [-0.1, -0.05) is 12.8 Å². The molecule has 1 aliphatic heterocycles. The van der Waals surface area contributed by atoms with Crippen molar-refractivity contribution in [3.05, 3.63) is 30.1 Å². The molecule has 0 aromatic carbocycles. The van der Waals surface area contributed by atoms with Crippen molar-refractivity contribution in [2.24, 2.45) is 17.3 Å². The van der Waals surface area contributed by atoms with Crippen LogP contribution in [-0.2, 0) is 16.1 Å². The van der Waals surface area contributed by atoms with Crippen molar-refractivity contribution >= 4 is 5.91 Å². The average molecular weight is 386 g/mol. The van der Waals surface area contributed by atoms with Crippen molar-refractivity contribution in [1.82, 2.24) is 14.8 Å². The second kappa shape index (κ2) is 8.91. The van der Waals surface area contributed by atoms with Crippen LogP contribution >= 0.6 is 0 Å². The fraction of sp³-hybridized carbons (Fsp3) is 0.739. The van der Waals surface area contributed by atoms with Crippen molar-refractivity contribution in [2.75, 3.05) is 39.9 Å². The number of aromatic nitrogens is 1. The van der Waals surface area contributed by atoms with Crippen LogP contribution in [0.3, 0.4) is 0 Å². The lowest BCUT2D eigenvalue weighted by Crippen LogP contribution is -2.42. The number of methoxy groups -OCH3 is 1. The van der Waals surface area contributed by atoms with Gasteiger partial charge >= 0.3 is 0 Å². The quantitative estimate of drug-likeness (QED) is 0.688. The lowest BCUT2D eigenvalue weighted by Gasteiger charge is -2.35. The van der Waals surface area contributed by atoms with Gasteiger partial charge < -0.3 is 14.5 Å². The summed E-state index contributed by atoms with van der Waals surface area (Å²) in [5, 5.41) is 0. The van der Waals surface area contributed by atoms with Crippen molar-refractivity contribution in [2.45, 2.75) is 51.5 Å². The number of likely N-dealkylation sites (tertiary alicyclic amines) is 1. The zero-order valence-electron chi connectivity index (χ0n) is 17.3. The van der Waals surface area contributed by atoms with Gasteiger partial charge in [-0.15, -0.1) is 0 Å². The number of carbonyl (C=O) groups is 1. The summed E-state index contributed by atoms with van der Waals surface area (Å²) in [5.74, 6) is 1.32. The molecule has 0 N–H and O–H groups in total. The highest BCUT2D eigenvalue weighted by Crippen LogP contribution is 2.63.